The number of carbonyl (C=O) groups is 1. The fourth-order valence-corrected chi connectivity index (χ4v) is 3.14. The number of piperazine rings is 1. The number of benzene rings is 1. The van der Waals surface area contributed by atoms with Crippen LogP contribution in [0.25, 0.3) is 0 Å². The Morgan fingerprint density at radius 1 is 1.52 bits per heavy atom. The fraction of sp³-hybridized carbons (Fsp3) is 0.500. The minimum absolute atomic E-state index is 0.0374. The topological polar surface area (TPSA) is 148 Å². The summed E-state index contributed by atoms with van der Waals surface area (Å²) in [6.07, 6.45) is 0.181. The van der Waals surface area contributed by atoms with E-state index in [1.807, 2.05) is 6.92 Å². The molecular weight excluding hydrogens is 350 g/mol. The fourth-order valence-electron chi connectivity index (χ4n) is 2.61. The minimum Gasteiger partial charge on any atom is -0.379 e. The molecule has 1 fully saturated rings. The largest absolute Gasteiger partial charge is 0.379 e. The number of rotatable bonds is 6. The highest BCUT2D eigenvalue weighted by Crippen LogP contribution is 2.27. The summed E-state index contributed by atoms with van der Waals surface area (Å²) in [5.41, 5.74) is -0.270. The van der Waals surface area contributed by atoms with Crippen LogP contribution in [0.5, 0.6) is 0 Å². The molecule has 1 saturated heterocycles. The number of primary sulfonamides is 1. The lowest BCUT2D eigenvalue weighted by molar-refractivity contribution is -0.384. The van der Waals surface area contributed by atoms with Crippen molar-refractivity contribution in [2.24, 2.45) is 5.14 Å². The van der Waals surface area contributed by atoms with Gasteiger partial charge in [0, 0.05) is 44.7 Å². The lowest BCUT2D eigenvalue weighted by Gasteiger charge is -2.32. The Kier molecular flexibility index (Phi) is 5.93. The summed E-state index contributed by atoms with van der Waals surface area (Å²) in [5.74, 6) is -0.0374. The molecule has 11 heteroatoms. The van der Waals surface area contributed by atoms with Gasteiger partial charge in [-0.05, 0) is 19.1 Å². The van der Waals surface area contributed by atoms with E-state index in [0.29, 0.717) is 13.1 Å². The molecule has 0 radical (unpaired) electrons. The van der Waals surface area contributed by atoms with E-state index in [1.165, 1.54) is 12.1 Å². The van der Waals surface area contributed by atoms with Gasteiger partial charge in [0.15, 0.2) is 0 Å². The molecule has 0 aromatic heterocycles. The normalized spacial score (nSPS) is 18.0. The zero-order chi connectivity index (χ0) is 18.6. The standard InChI is InChI=1S/C14H21N5O5S/c1-10-9-18(7-6-16-10)14(20)4-5-17-12-3-2-11(25(15,23)24)8-13(12)19(21)22/h2-3,8,10,16-17H,4-7,9H2,1H3,(H2,15,23,24). The summed E-state index contributed by atoms with van der Waals surface area (Å²) in [7, 11) is -4.03. The van der Waals surface area contributed by atoms with Gasteiger partial charge in [0.05, 0.1) is 9.82 Å². The van der Waals surface area contributed by atoms with Gasteiger partial charge < -0.3 is 15.5 Å². The molecule has 0 bridgehead atoms. The maximum absolute atomic E-state index is 12.2. The van der Waals surface area contributed by atoms with Crippen LogP contribution in [0.15, 0.2) is 23.1 Å². The van der Waals surface area contributed by atoms with Gasteiger partial charge in [-0.2, -0.15) is 0 Å². The van der Waals surface area contributed by atoms with Gasteiger partial charge in [0.1, 0.15) is 5.69 Å². The first-order valence-electron chi connectivity index (χ1n) is 7.75. The monoisotopic (exact) mass is 371 g/mol. The van der Waals surface area contributed by atoms with Crippen molar-refractivity contribution < 1.29 is 18.1 Å². The lowest BCUT2D eigenvalue weighted by atomic mass is 10.2. The van der Waals surface area contributed by atoms with Crippen molar-refractivity contribution in [3.63, 3.8) is 0 Å². The minimum atomic E-state index is -4.03. The maximum Gasteiger partial charge on any atom is 0.293 e. The molecule has 1 unspecified atom stereocenters. The van der Waals surface area contributed by atoms with Gasteiger partial charge >= 0.3 is 0 Å². The molecular formula is C14H21N5O5S. The Balaban J connectivity index is 2.00. The van der Waals surface area contributed by atoms with Crippen molar-refractivity contribution in [1.29, 1.82) is 0 Å². The highest BCUT2D eigenvalue weighted by Gasteiger charge is 2.21. The number of nitrogens with one attached hydrogen (secondary N) is 2. The Morgan fingerprint density at radius 3 is 2.84 bits per heavy atom. The molecule has 25 heavy (non-hydrogen) atoms. The number of sulfonamides is 1. The number of nitro groups is 1. The summed E-state index contributed by atoms with van der Waals surface area (Å²) in [6, 6.07) is 3.59. The number of nitrogens with two attached hydrogens (primary N) is 1. The zero-order valence-electron chi connectivity index (χ0n) is 13.8. The average molecular weight is 371 g/mol. The van der Waals surface area contributed by atoms with Crippen LogP contribution in [-0.4, -0.2) is 56.4 Å². The number of hydrogen-bond acceptors (Lipinski definition) is 7. The molecule has 1 aliphatic heterocycles. The molecule has 0 spiro atoms. The Hall–Kier alpha value is -2.24. The van der Waals surface area contributed by atoms with Crippen LogP contribution in [0.3, 0.4) is 0 Å². The van der Waals surface area contributed by atoms with Crippen molar-refractivity contribution in [3.8, 4) is 0 Å². The lowest BCUT2D eigenvalue weighted by Crippen LogP contribution is -2.51. The van der Waals surface area contributed by atoms with E-state index < -0.39 is 20.6 Å². The quantitative estimate of drug-likeness (QED) is 0.466. The highest BCUT2D eigenvalue weighted by molar-refractivity contribution is 7.89. The molecule has 1 heterocycles. The Labute approximate surface area is 145 Å². The van der Waals surface area contributed by atoms with Gasteiger partial charge in [-0.3, -0.25) is 14.9 Å². The molecule has 0 aliphatic carbocycles. The molecule has 4 N–H and O–H groups in total. The first-order valence-corrected chi connectivity index (χ1v) is 9.29. The first kappa shape index (κ1) is 19.1. The van der Waals surface area contributed by atoms with Crippen LogP contribution in [0.4, 0.5) is 11.4 Å². The van der Waals surface area contributed by atoms with Crippen molar-refractivity contribution in [2.75, 3.05) is 31.5 Å². The number of anilines is 1. The maximum atomic E-state index is 12.2. The van der Waals surface area contributed by atoms with E-state index in [-0.39, 0.29) is 35.5 Å². The first-order chi connectivity index (χ1) is 11.7. The summed E-state index contributed by atoms with van der Waals surface area (Å²) in [6.45, 7) is 4.19. The Morgan fingerprint density at radius 2 is 2.24 bits per heavy atom. The third kappa shape index (κ3) is 5.11. The second-order valence-electron chi connectivity index (χ2n) is 5.85. The number of carbonyl (C=O) groups excluding carboxylic acids is 1. The van der Waals surface area contributed by atoms with Gasteiger partial charge in [-0.15, -0.1) is 0 Å². The number of nitrogens with zero attached hydrogens (tertiary/aromatic N) is 2. The van der Waals surface area contributed by atoms with Crippen LogP contribution in [0.1, 0.15) is 13.3 Å². The van der Waals surface area contributed by atoms with Gasteiger partial charge in [-0.25, -0.2) is 13.6 Å². The van der Waals surface area contributed by atoms with E-state index in [2.05, 4.69) is 10.6 Å². The predicted molar refractivity (Wildman–Crippen MR) is 91.6 cm³/mol. The SMILES string of the molecule is CC1CN(C(=O)CCNc2ccc(S(N)(=O)=O)cc2[N+](=O)[O-])CCN1. The molecule has 138 valence electrons. The predicted octanol–water partition coefficient (Wildman–Crippen LogP) is -0.135. The molecule has 1 amide bonds. The van der Waals surface area contributed by atoms with E-state index in [4.69, 9.17) is 5.14 Å². The van der Waals surface area contributed by atoms with Crippen LogP contribution >= 0.6 is 0 Å². The molecule has 1 aliphatic rings. The van der Waals surface area contributed by atoms with E-state index in [0.717, 1.165) is 12.6 Å². The molecule has 10 nitrogen and oxygen atoms in total. The van der Waals surface area contributed by atoms with Crippen LogP contribution in [0.2, 0.25) is 0 Å². The van der Waals surface area contributed by atoms with E-state index in [1.54, 1.807) is 4.90 Å². The summed E-state index contributed by atoms with van der Waals surface area (Å²) in [5, 5.41) is 22.2. The van der Waals surface area contributed by atoms with Crippen molar-refractivity contribution in [3.05, 3.63) is 28.3 Å². The van der Waals surface area contributed by atoms with Crippen LogP contribution in [-0.2, 0) is 14.8 Å². The average Bonchev–Trinajstić information content (AvgIpc) is 2.53. The second kappa shape index (κ2) is 7.76. The Bertz CT molecular complexity index is 767. The van der Waals surface area contributed by atoms with Crippen molar-refractivity contribution >= 4 is 27.3 Å². The molecule has 0 saturated carbocycles. The number of nitro benzene ring substituents is 1. The van der Waals surface area contributed by atoms with Gasteiger partial charge in [0.25, 0.3) is 5.69 Å². The summed E-state index contributed by atoms with van der Waals surface area (Å²) in [4.78, 5) is 24.0. The van der Waals surface area contributed by atoms with Gasteiger partial charge in [-0.1, -0.05) is 0 Å². The molecule has 1 aromatic rings. The summed E-state index contributed by atoms with van der Waals surface area (Å²) >= 11 is 0. The zero-order valence-corrected chi connectivity index (χ0v) is 14.6. The third-order valence-corrected chi connectivity index (χ3v) is 4.78. The number of hydrogen-bond donors (Lipinski definition) is 3. The van der Waals surface area contributed by atoms with Crippen LogP contribution < -0.4 is 15.8 Å². The smallest absolute Gasteiger partial charge is 0.293 e. The molecule has 1 atom stereocenters. The van der Waals surface area contributed by atoms with Gasteiger partial charge in [0.2, 0.25) is 15.9 Å². The van der Waals surface area contributed by atoms with E-state index in [9.17, 15) is 23.3 Å². The molecule has 2 rings (SSSR count). The van der Waals surface area contributed by atoms with Crippen LogP contribution in [0, 0.1) is 10.1 Å². The highest BCUT2D eigenvalue weighted by atomic mass is 32.2. The third-order valence-electron chi connectivity index (χ3n) is 3.87. The number of amides is 1. The molecule has 1 aromatic carbocycles. The van der Waals surface area contributed by atoms with E-state index >= 15 is 0 Å². The van der Waals surface area contributed by atoms with Crippen molar-refractivity contribution in [1.82, 2.24) is 10.2 Å². The summed E-state index contributed by atoms with van der Waals surface area (Å²) < 4.78 is 22.6. The second-order valence-corrected chi connectivity index (χ2v) is 7.41. The van der Waals surface area contributed by atoms with Crippen molar-refractivity contribution in [2.45, 2.75) is 24.3 Å².